The molecule has 98 valence electrons. The van der Waals surface area contributed by atoms with Gasteiger partial charge in [-0.2, -0.15) is 11.8 Å². The van der Waals surface area contributed by atoms with Crippen LogP contribution >= 0.6 is 11.8 Å². The topological polar surface area (TPSA) is 81.4 Å². The average Bonchev–Trinajstić information content (AvgIpc) is 2.15. The van der Waals surface area contributed by atoms with Crippen LogP contribution in [0.2, 0.25) is 0 Å². The molecule has 3 N–H and O–H groups in total. The molecule has 0 atom stereocenters. The lowest BCUT2D eigenvalue weighted by atomic mass is 9.91. The summed E-state index contributed by atoms with van der Waals surface area (Å²) in [5.41, 5.74) is 3.88. The van der Waals surface area contributed by atoms with Crippen LogP contribution in [-0.2, 0) is 9.53 Å². The van der Waals surface area contributed by atoms with Gasteiger partial charge in [0, 0.05) is 0 Å². The van der Waals surface area contributed by atoms with E-state index in [1.807, 2.05) is 0 Å². The van der Waals surface area contributed by atoms with Crippen molar-refractivity contribution in [1.82, 2.24) is 5.32 Å². The molecule has 0 unspecified atom stereocenters. The van der Waals surface area contributed by atoms with Crippen molar-refractivity contribution in [2.75, 3.05) is 11.5 Å². The third kappa shape index (κ3) is 4.11. The van der Waals surface area contributed by atoms with E-state index in [0.717, 1.165) is 11.5 Å². The number of thioether (sulfide) groups is 1. The molecule has 1 fully saturated rings. The van der Waals surface area contributed by atoms with E-state index in [1.54, 1.807) is 32.5 Å². The lowest BCUT2D eigenvalue weighted by Gasteiger charge is -2.35. The van der Waals surface area contributed by atoms with Gasteiger partial charge < -0.3 is 15.8 Å². The number of amides is 2. The maximum absolute atomic E-state index is 11.7. The van der Waals surface area contributed by atoms with Gasteiger partial charge in [0.25, 0.3) is 0 Å². The van der Waals surface area contributed by atoms with E-state index in [-0.39, 0.29) is 0 Å². The quantitative estimate of drug-likeness (QED) is 0.783. The van der Waals surface area contributed by atoms with Gasteiger partial charge in [0.2, 0.25) is 5.91 Å². The Kier molecular flexibility index (Phi) is 4.30. The number of alkyl carbamates (subject to hydrolysis) is 1. The lowest BCUT2D eigenvalue weighted by molar-refractivity contribution is -0.124. The first kappa shape index (κ1) is 14.2. The van der Waals surface area contributed by atoms with Crippen LogP contribution < -0.4 is 11.1 Å². The van der Waals surface area contributed by atoms with Crippen LogP contribution in [0.5, 0.6) is 0 Å². The van der Waals surface area contributed by atoms with Gasteiger partial charge >= 0.3 is 6.09 Å². The molecule has 1 rings (SSSR count). The molecular weight excluding hydrogens is 240 g/mol. The lowest BCUT2D eigenvalue weighted by Crippen LogP contribution is -2.59. The molecule has 0 aliphatic carbocycles. The van der Waals surface area contributed by atoms with Gasteiger partial charge in [-0.05, 0) is 45.1 Å². The first-order valence-electron chi connectivity index (χ1n) is 5.64. The van der Waals surface area contributed by atoms with Crippen molar-refractivity contribution in [3.8, 4) is 0 Å². The Hall–Kier alpha value is -0.910. The van der Waals surface area contributed by atoms with Crippen LogP contribution in [-0.4, -0.2) is 34.6 Å². The first-order chi connectivity index (χ1) is 7.75. The molecule has 1 saturated heterocycles. The van der Waals surface area contributed by atoms with Crippen LogP contribution in [0, 0.1) is 0 Å². The van der Waals surface area contributed by atoms with Crippen LogP contribution in [0.3, 0.4) is 0 Å². The molecule has 5 nitrogen and oxygen atoms in total. The minimum absolute atomic E-state index is 0.483. The zero-order valence-electron chi connectivity index (χ0n) is 10.5. The second-order valence-corrected chi connectivity index (χ2v) is 6.41. The van der Waals surface area contributed by atoms with E-state index in [0.29, 0.717) is 12.8 Å². The van der Waals surface area contributed by atoms with Crippen LogP contribution in [0.4, 0.5) is 4.79 Å². The zero-order valence-corrected chi connectivity index (χ0v) is 11.4. The number of rotatable bonds is 2. The summed E-state index contributed by atoms with van der Waals surface area (Å²) in [7, 11) is 0. The summed E-state index contributed by atoms with van der Waals surface area (Å²) in [4.78, 5) is 23.2. The summed E-state index contributed by atoms with van der Waals surface area (Å²) < 4.78 is 5.15. The molecule has 0 aromatic rings. The Morgan fingerprint density at radius 1 is 1.29 bits per heavy atom. The summed E-state index contributed by atoms with van der Waals surface area (Å²) in [6.07, 6.45) is 0.543. The Labute approximate surface area is 106 Å². The highest BCUT2D eigenvalue weighted by atomic mass is 32.2. The highest BCUT2D eigenvalue weighted by Crippen LogP contribution is 2.27. The Morgan fingerprint density at radius 3 is 2.24 bits per heavy atom. The number of nitrogens with one attached hydrogen (secondary N) is 1. The number of nitrogens with two attached hydrogens (primary N) is 1. The predicted molar refractivity (Wildman–Crippen MR) is 67.9 cm³/mol. The van der Waals surface area contributed by atoms with Crippen molar-refractivity contribution in [3.63, 3.8) is 0 Å². The molecule has 1 aliphatic heterocycles. The number of carbonyl (C=O) groups is 2. The molecule has 6 heteroatoms. The standard InChI is InChI=1S/C11H20N2O3S/c1-10(2,3)16-9(15)13-11(8(12)14)4-6-17-7-5-11/h4-7H2,1-3H3,(H2,12,14)(H,13,15). The SMILES string of the molecule is CC(C)(C)OC(=O)NC1(C(N)=O)CCSCC1. The third-order valence-corrected chi connectivity index (χ3v) is 3.54. The van der Waals surface area contributed by atoms with Gasteiger partial charge in [0.15, 0.2) is 0 Å². The van der Waals surface area contributed by atoms with Gasteiger partial charge in [-0.15, -0.1) is 0 Å². The molecule has 2 amide bonds. The molecule has 0 radical (unpaired) electrons. The largest absolute Gasteiger partial charge is 0.444 e. The van der Waals surface area contributed by atoms with Crippen molar-refractivity contribution < 1.29 is 14.3 Å². The van der Waals surface area contributed by atoms with Gasteiger partial charge in [0.05, 0.1) is 0 Å². The molecule has 0 aromatic carbocycles. The minimum Gasteiger partial charge on any atom is -0.444 e. The van der Waals surface area contributed by atoms with E-state index in [9.17, 15) is 9.59 Å². The third-order valence-electron chi connectivity index (χ3n) is 2.56. The molecule has 1 heterocycles. The number of primary amides is 1. The second-order valence-electron chi connectivity index (χ2n) is 5.19. The van der Waals surface area contributed by atoms with Crippen molar-refractivity contribution >= 4 is 23.8 Å². The normalized spacial score (nSPS) is 19.5. The molecule has 0 bridgehead atoms. The molecule has 0 spiro atoms. The zero-order chi connectivity index (χ0) is 13.1. The monoisotopic (exact) mass is 260 g/mol. The van der Waals surface area contributed by atoms with Crippen molar-refractivity contribution in [1.29, 1.82) is 0 Å². The van der Waals surface area contributed by atoms with Gasteiger partial charge in [-0.3, -0.25) is 4.79 Å². The first-order valence-corrected chi connectivity index (χ1v) is 6.79. The fraction of sp³-hybridized carbons (Fsp3) is 0.818. The van der Waals surface area contributed by atoms with E-state index < -0.39 is 23.1 Å². The molecule has 0 saturated carbocycles. The summed E-state index contributed by atoms with van der Waals surface area (Å²) in [5.74, 6) is 1.15. The van der Waals surface area contributed by atoms with Crippen LogP contribution in [0.25, 0.3) is 0 Å². The van der Waals surface area contributed by atoms with Gasteiger partial charge in [0.1, 0.15) is 11.1 Å². The number of hydrogen-bond acceptors (Lipinski definition) is 4. The Morgan fingerprint density at radius 2 is 1.82 bits per heavy atom. The number of hydrogen-bond donors (Lipinski definition) is 2. The highest BCUT2D eigenvalue weighted by Gasteiger charge is 2.40. The fourth-order valence-electron chi connectivity index (χ4n) is 1.65. The van der Waals surface area contributed by atoms with E-state index in [2.05, 4.69) is 5.32 Å². The molecular formula is C11H20N2O3S. The van der Waals surface area contributed by atoms with E-state index in [1.165, 1.54) is 0 Å². The highest BCUT2D eigenvalue weighted by molar-refractivity contribution is 7.99. The van der Waals surface area contributed by atoms with Crippen LogP contribution in [0.15, 0.2) is 0 Å². The summed E-state index contributed by atoms with van der Waals surface area (Å²) in [5, 5.41) is 2.64. The summed E-state index contributed by atoms with van der Waals surface area (Å²) in [6.45, 7) is 5.33. The van der Waals surface area contributed by atoms with Crippen LogP contribution in [0.1, 0.15) is 33.6 Å². The predicted octanol–water partition coefficient (Wildman–Crippen LogP) is 1.26. The maximum atomic E-state index is 11.7. The number of carbonyl (C=O) groups excluding carboxylic acids is 2. The molecule has 17 heavy (non-hydrogen) atoms. The van der Waals surface area contributed by atoms with Crippen molar-refractivity contribution in [2.45, 2.75) is 44.8 Å². The van der Waals surface area contributed by atoms with Gasteiger partial charge in [-0.1, -0.05) is 0 Å². The number of ether oxygens (including phenoxy) is 1. The Bertz CT molecular complexity index is 306. The second kappa shape index (κ2) is 5.16. The Balaban J connectivity index is 2.67. The van der Waals surface area contributed by atoms with Crippen molar-refractivity contribution in [3.05, 3.63) is 0 Å². The average molecular weight is 260 g/mol. The van der Waals surface area contributed by atoms with Crippen molar-refractivity contribution in [2.24, 2.45) is 5.73 Å². The van der Waals surface area contributed by atoms with E-state index in [4.69, 9.17) is 10.5 Å². The van der Waals surface area contributed by atoms with E-state index >= 15 is 0 Å². The molecule has 1 aliphatic rings. The summed E-state index contributed by atoms with van der Waals surface area (Å²) >= 11 is 1.75. The van der Waals surface area contributed by atoms with Gasteiger partial charge in [-0.25, -0.2) is 4.79 Å². The maximum Gasteiger partial charge on any atom is 0.408 e. The minimum atomic E-state index is -0.937. The fourth-order valence-corrected chi connectivity index (χ4v) is 2.84. The smallest absolute Gasteiger partial charge is 0.408 e. The molecule has 0 aromatic heterocycles. The summed E-state index contributed by atoms with van der Waals surface area (Å²) in [6, 6.07) is 0.